The number of amides is 1. The van der Waals surface area contributed by atoms with Crippen molar-refractivity contribution in [3.05, 3.63) is 64.4 Å². The average molecular weight is 362 g/mol. The van der Waals surface area contributed by atoms with Gasteiger partial charge in [0.1, 0.15) is 6.54 Å². The number of aromatic nitrogens is 2. The minimum Gasteiger partial charge on any atom is -0.355 e. The first-order chi connectivity index (χ1) is 13.1. The molecule has 0 unspecified atom stereocenters. The molecule has 0 saturated carbocycles. The monoisotopic (exact) mass is 362 g/mol. The van der Waals surface area contributed by atoms with Crippen LogP contribution in [0, 0.1) is 6.92 Å². The first-order valence-electron chi connectivity index (χ1n) is 9.23. The number of benzene rings is 2. The standard InChI is InChI=1S/C21H22N4O2/c1-15-7-6-8-16(13-15)22-19(26)14-25-21(27)18-10-3-2-9-17(18)20(23-25)24-11-4-5-12-24/h2-3,6-10,13H,4-5,11-12,14H2,1H3,(H,22,26). The number of anilines is 2. The van der Waals surface area contributed by atoms with E-state index in [0.29, 0.717) is 11.1 Å². The van der Waals surface area contributed by atoms with Gasteiger partial charge in [-0.15, -0.1) is 0 Å². The zero-order chi connectivity index (χ0) is 18.8. The predicted octanol–water partition coefficient (Wildman–Crippen LogP) is 2.94. The second-order valence-corrected chi connectivity index (χ2v) is 6.94. The van der Waals surface area contributed by atoms with Crippen LogP contribution in [0.15, 0.2) is 53.3 Å². The molecule has 1 saturated heterocycles. The summed E-state index contributed by atoms with van der Waals surface area (Å²) in [5, 5.41) is 8.84. The van der Waals surface area contributed by atoms with E-state index in [4.69, 9.17) is 0 Å². The van der Waals surface area contributed by atoms with Gasteiger partial charge >= 0.3 is 0 Å². The van der Waals surface area contributed by atoms with Crippen molar-refractivity contribution in [2.75, 3.05) is 23.3 Å². The lowest BCUT2D eigenvalue weighted by Gasteiger charge is -2.19. The van der Waals surface area contributed by atoms with Gasteiger partial charge in [-0.3, -0.25) is 9.59 Å². The second kappa shape index (κ2) is 7.23. The maximum Gasteiger partial charge on any atom is 0.275 e. The molecule has 27 heavy (non-hydrogen) atoms. The van der Waals surface area contributed by atoms with Crippen molar-refractivity contribution >= 4 is 28.2 Å². The molecule has 4 rings (SSSR count). The maximum atomic E-state index is 12.8. The van der Waals surface area contributed by atoms with Crippen LogP contribution in [0.5, 0.6) is 0 Å². The fraction of sp³-hybridized carbons (Fsp3) is 0.286. The van der Waals surface area contributed by atoms with E-state index in [9.17, 15) is 9.59 Å². The van der Waals surface area contributed by atoms with Crippen molar-refractivity contribution in [1.29, 1.82) is 0 Å². The van der Waals surface area contributed by atoms with Gasteiger partial charge in [0.25, 0.3) is 5.56 Å². The van der Waals surface area contributed by atoms with E-state index in [1.807, 2.05) is 49.4 Å². The van der Waals surface area contributed by atoms with Gasteiger partial charge in [0.2, 0.25) is 5.91 Å². The predicted molar refractivity (Wildman–Crippen MR) is 107 cm³/mol. The number of carbonyl (C=O) groups is 1. The number of rotatable bonds is 4. The summed E-state index contributed by atoms with van der Waals surface area (Å²) < 4.78 is 1.28. The summed E-state index contributed by atoms with van der Waals surface area (Å²) in [5.74, 6) is 0.518. The zero-order valence-corrected chi connectivity index (χ0v) is 15.3. The van der Waals surface area contributed by atoms with E-state index < -0.39 is 0 Å². The summed E-state index contributed by atoms with van der Waals surface area (Å²) >= 11 is 0. The quantitative estimate of drug-likeness (QED) is 0.775. The molecule has 0 radical (unpaired) electrons. The topological polar surface area (TPSA) is 67.2 Å². The fourth-order valence-electron chi connectivity index (χ4n) is 3.55. The van der Waals surface area contributed by atoms with Crippen LogP contribution in [-0.2, 0) is 11.3 Å². The van der Waals surface area contributed by atoms with Crippen LogP contribution >= 0.6 is 0 Å². The Morgan fingerprint density at radius 3 is 2.56 bits per heavy atom. The lowest BCUT2D eigenvalue weighted by atomic mass is 10.2. The van der Waals surface area contributed by atoms with E-state index in [2.05, 4.69) is 15.3 Å². The molecule has 0 aliphatic carbocycles. The first kappa shape index (κ1) is 17.3. The molecule has 0 spiro atoms. The molecule has 1 N–H and O–H groups in total. The summed E-state index contributed by atoms with van der Waals surface area (Å²) in [6.07, 6.45) is 2.23. The lowest BCUT2D eigenvalue weighted by molar-refractivity contribution is -0.117. The number of nitrogens with zero attached hydrogens (tertiary/aromatic N) is 3. The molecule has 2 heterocycles. The van der Waals surface area contributed by atoms with Gasteiger partial charge in [0, 0.05) is 24.2 Å². The third kappa shape index (κ3) is 3.56. The SMILES string of the molecule is Cc1cccc(NC(=O)Cn2nc(N3CCCC3)c3ccccc3c2=O)c1. The molecular weight excluding hydrogens is 340 g/mol. The third-order valence-corrected chi connectivity index (χ3v) is 4.85. The molecule has 138 valence electrons. The van der Waals surface area contributed by atoms with Crippen LogP contribution in [0.2, 0.25) is 0 Å². The van der Waals surface area contributed by atoms with E-state index in [1.54, 1.807) is 6.07 Å². The minimum absolute atomic E-state index is 0.113. The Morgan fingerprint density at radius 2 is 1.81 bits per heavy atom. The van der Waals surface area contributed by atoms with Crippen LogP contribution in [0.4, 0.5) is 11.5 Å². The average Bonchev–Trinajstić information content (AvgIpc) is 3.18. The van der Waals surface area contributed by atoms with Gasteiger partial charge in [0.15, 0.2) is 5.82 Å². The Balaban J connectivity index is 1.67. The number of carbonyl (C=O) groups excluding carboxylic acids is 1. The Morgan fingerprint density at radius 1 is 1.07 bits per heavy atom. The molecule has 6 heteroatoms. The molecule has 0 bridgehead atoms. The van der Waals surface area contributed by atoms with Crippen molar-refractivity contribution in [3.8, 4) is 0 Å². The number of hydrogen-bond acceptors (Lipinski definition) is 4. The van der Waals surface area contributed by atoms with Gasteiger partial charge in [0.05, 0.1) is 5.39 Å². The summed E-state index contributed by atoms with van der Waals surface area (Å²) in [6, 6.07) is 15.1. The van der Waals surface area contributed by atoms with E-state index in [0.717, 1.165) is 42.7 Å². The van der Waals surface area contributed by atoms with E-state index in [1.165, 1.54) is 4.68 Å². The van der Waals surface area contributed by atoms with Crippen molar-refractivity contribution in [2.45, 2.75) is 26.3 Å². The summed E-state index contributed by atoms with van der Waals surface area (Å²) in [7, 11) is 0. The summed E-state index contributed by atoms with van der Waals surface area (Å²) in [4.78, 5) is 27.5. The van der Waals surface area contributed by atoms with Crippen LogP contribution in [0.3, 0.4) is 0 Å². The van der Waals surface area contributed by atoms with Gasteiger partial charge in [-0.05, 0) is 43.5 Å². The lowest BCUT2D eigenvalue weighted by Crippen LogP contribution is -2.32. The number of fused-ring (bicyclic) bond motifs is 1. The summed E-state index contributed by atoms with van der Waals surface area (Å²) in [6.45, 7) is 3.70. The molecule has 3 aromatic rings. The molecule has 2 aromatic carbocycles. The minimum atomic E-state index is -0.266. The molecule has 1 aliphatic rings. The molecule has 6 nitrogen and oxygen atoms in total. The molecule has 1 fully saturated rings. The zero-order valence-electron chi connectivity index (χ0n) is 15.3. The van der Waals surface area contributed by atoms with Crippen LogP contribution in [0.1, 0.15) is 18.4 Å². The summed E-state index contributed by atoms with van der Waals surface area (Å²) in [5.41, 5.74) is 1.53. The van der Waals surface area contributed by atoms with Gasteiger partial charge in [-0.2, -0.15) is 5.10 Å². The van der Waals surface area contributed by atoms with Gasteiger partial charge in [-0.25, -0.2) is 4.68 Å². The third-order valence-electron chi connectivity index (χ3n) is 4.85. The Kier molecular flexibility index (Phi) is 4.62. The number of hydrogen-bond donors (Lipinski definition) is 1. The molecule has 1 aromatic heterocycles. The Hall–Kier alpha value is -3.15. The second-order valence-electron chi connectivity index (χ2n) is 6.94. The maximum absolute atomic E-state index is 12.8. The van der Waals surface area contributed by atoms with Crippen LogP contribution in [-0.4, -0.2) is 28.8 Å². The largest absolute Gasteiger partial charge is 0.355 e. The Labute approximate surface area is 157 Å². The number of nitrogens with one attached hydrogen (secondary N) is 1. The van der Waals surface area contributed by atoms with E-state index in [-0.39, 0.29) is 18.0 Å². The highest BCUT2D eigenvalue weighted by Gasteiger charge is 2.20. The smallest absolute Gasteiger partial charge is 0.275 e. The normalized spacial score (nSPS) is 13.9. The molecular formula is C21H22N4O2. The van der Waals surface area contributed by atoms with Crippen molar-refractivity contribution in [1.82, 2.24) is 9.78 Å². The highest BCUT2D eigenvalue weighted by atomic mass is 16.2. The highest BCUT2D eigenvalue weighted by Crippen LogP contribution is 2.25. The van der Waals surface area contributed by atoms with Gasteiger partial charge < -0.3 is 10.2 Å². The Bertz CT molecular complexity index is 1050. The molecule has 0 atom stereocenters. The highest BCUT2D eigenvalue weighted by molar-refractivity contribution is 5.93. The fourth-order valence-corrected chi connectivity index (χ4v) is 3.55. The first-order valence-corrected chi connectivity index (χ1v) is 9.23. The molecule has 1 aliphatic heterocycles. The van der Waals surface area contributed by atoms with Gasteiger partial charge in [-0.1, -0.05) is 30.3 Å². The van der Waals surface area contributed by atoms with E-state index >= 15 is 0 Å². The number of aryl methyl sites for hydroxylation is 1. The van der Waals surface area contributed by atoms with Crippen molar-refractivity contribution in [2.24, 2.45) is 0 Å². The molecule has 1 amide bonds. The van der Waals surface area contributed by atoms with Crippen LogP contribution in [0.25, 0.3) is 10.8 Å². The van der Waals surface area contributed by atoms with Crippen molar-refractivity contribution in [3.63, 3.8) is 0 Å². The van der Waals surface area contributed by atoms with Crippen molar-refractivity contribution < 1.29 is 4.79 Å². The van der Waals surface area contributed by atoms with Crippen LogP contribution < -0.4 is 15.8 Å².